The number of carbonyl (C=O) groups is 2. The molecule has 0 radical (unpaired) electrons. The third kappa shape index (κ3) is 5.98. The minimum atomic E-state index is -0.00176. The summed E-state index contributed by atoms with van der Waals surface area (Å²) in [7, 11) is 0. The van der Waals surface area contributed by atoms with Gasteiger partial charge in [-0.15, -0.1) is 0 Å². The second-order valence-electron chi connectivity index (χ2n) is 7.82. The SMILES string of the molecule is CC[C@@H](C)CNC(=O)c1ccccc1N1CCC(NC(=O)[C@H](C)CC)CC1. The van der Waals surface area contributed by atoms with Crippen LogP contribution >= 0.6 is 0 Å². The van der Waals surface area contributed by atoms with Crippen LogP contribution in [-0.4, -0.2) is 37.5 Å². The maximum absolute atomic E-state index is 12.7. The number of nitrogens with one attached hydrogen (secondary N) is 2. The van der Waals surface area contributed by atoms with Gasteiger partial charge in [-0.05, 0) is 37.3 Å². The lowest BCUT2D eigenvalue weighted by atomic mass is 10.0. The number of carbonyl (C=O) groups excluding carboxylic acids is 2. The van der Waals surface area contributed by atoms with E-state index >= 15 is 0 Å². The Morgan fingerprint density at radius 2 is 1.78 bits per heavy atom. The molecule has 1 aliphatic rings. The quantitative estimate of drug-likeness (QED) is 0.732. The van der Waals surface area contributed by atoms with Crippen molar-refractivity contribution in [1.29, 1.82) is 0 Å². The van der Waals surface area contributed by atoms with Crippen molar-refractivity contribution in [2.24, 2.45) is 11.8 Å². The lowest BCUT2D eigenvalue weighted by Gasteiger charge is -2.35. The Bertz CT molecular complexity index is 624. The van der Waals surface area contributed by atoms with Gasteiger partial charge < -0.3 is 15.5 Å². The molecule has 1 aromatic rings. The second-order valence-corrected chi connectivity index (χ2v) is 7.82. The van der Waals surface area contributed by atoms with Gasteiger partial charge in [-0.2, -0.15) is 0 Å². The van der Waals surface area contributed by atoms with Gasteiger partial charge in [0.05, 0.1) is 5.56 Å². The van der Waals surface area contributed by atoms with Crippen molar-refractivity contribution in [3.63, 3.8) is 0 Å². The molecule has 0 spiro atoms. The zero-order chi connectivity index (χ0) is 19.8. The number of amides is 2. The van der Waals surface area contributed by atoms with Gasteiger partial charge in [-0.1, -0.05) is 46.2 Å². The molecule has 1 saturated heterocycles. The maximum atomic E-state index is 12.7. The summed E-state index contributed by atoms with van der Waals surface area (Å²) in [6.07, 6.45) is 3.73. The van der Waals surface area contributed by atoms with E-state index in [4.69, 9.17) is 0 Å². The predicted octanol–water partition coefficient (Wildman–Crippen LogP) is 3.59. The van der Waals surface area contributed by atoms with Crippen LogP contribution in [0.5, 0.6) is 0 Å². The number of benzene rings is 1. The minimum Gasteiger partial charge on any atom is -0.371 e. The summed E-state index contributed by atoms with van der Waals surface area (Å²) in [5, 5.41) is 6.23. The van der Waals surface area contributed by atoms with Crippen LogP contribution in [0.25, 0.3) is 0 Å². The second kappa shape index (κ2) is 10.3. The van der Waals surface area contributed by atoms with Gasteiger partial charge in [0.25, 0.3) is 5.91 Å². The van der Waals surface area contributed by atoms with E-state index in [2.05, 4.69) is 29.4 Å². The average molecular weight is 374 g/mol. The van der Waals surface area contributed by atoms with Gasteiger partial charge in [-0.25, -0.2) is 0 Å². The number of piperidine rings is 1. The van der Waals surface area contributed by atoms with Crippen molar-refractivity contribution < 1.29 is 9.59 Å². The van der Waals surface area contributed by atoms with Crippen molar-refractivity contribution in [2.75, 3.05) is 24.5 Å². The highest BCUT2D eigenvalue weighted by Gasteiger charge is 2.24. The smallest absolute Gasteiger partial charge is 0.253 e. The normalized spacial score (nSPS) is 17.3. The van der Waals surface area contributed by atoms with Crippen molar-refractivity contribution in [3.05, 3.63) is 29.8 Å². The standard InChI is InChI=1S/C22H35N3O2/c1-5-16(3)15-23-22(27)19-9-7-8-10-20(19)25-13-11-18(12-14-25)24-21(26)17(4)6-2/h7-10,16-18H,5-6,11-15H2,1-4H3,(H,23,27)(H,24,26)/t16-,17-/m1/s1. The van der Waals surface area contributed by atoms with Gasteiger partial charge in [0, 0.05) is 37.3 Å². The van der Waals surface area contributed by atoms with E-state index < -0.39 is 0 Å². The Morgan fingerprint density at radius 3 is 2.41 bits per heavy atom. The third-order valence-corrected chi connectivity index (χ3v) is 5.70. The Labute approximate surface area is 163 Å². The van der Waals surface area contributed by atoms with Crippen LogP contribution in [-0.2, 0) is 4.79 Å². The van der Waals surface area contributed by atoms with Gasteiger partial charge in [0.2, 0.25) is 5.91 Å². The van der Waals surface area contributed by atoms with Crippen LogP contribution < -0.4 is 15.5 Å². The van der Waals surface area contributed by atoms with Gasteiger partial charge in [0.1, 0.15) is 0 Å². The fraction of sp³-hybridized carbons (Fsp3) is 0.636. The van der Waals surface area contributed by atoms with E-state index in [1.807, 2.05) is 38.1 Å². The highest BCUT2D eigenvalue weighted by Crippen LogP contribution is 2.24. The van der Waals surface area contributed by atoms with Crippen LogP contribution in [0.3, 0.4) is 0 Å². The molecule has 27 heavy (non-hydrogen) atoms. The molecule has 0 aliphatic carbocycles. The number of hydrogen-bond donors (Lipinski definition) is 2. The molecule has 1 aromatic carbocycles. The fourth-order valence-electron chi connectivity index (χ4n) is 3.24. The molecule has 0 unspecified atom stereocenters. The first-order valence-corrected chi connectivity index (χ1v) is 10.4. The Balaban J connectivity index is 1.96. The summed E-state index contributed by atoms with van der Waals surface area (Å²) in [5.41, 5.74) is 1.73. The topological polar surface area (TPSA) is 61.4 Å². The van der Waals surface area contributed by atoms with E-state index in [1.54, 1.807) is 0 Å². The molecule has 5 heteroatoms. The average Bonchev–Trinajstić information content (AvgIpc) is 2.71. The Morgan fingerprint density at radius 1 is 1.11 bits per heavy atom. The number of nitrogens with zero attached hydrogens (tertiary/aromatic N) is 1. The molecule has 150 valence electrons. The van der Waals surface area contributed by atoms with E-state index in [-0.39, 0.29) is 23.8 Å². The van der Waals surface area contributed by atoms with E-state index in [9.17, 15) is 9.59 Å². The highest BCUT2D eigenvalue weighted by atomic mass is 16.2. The Kier molecular flexibility index (Phi) is 8.14. The van der Waals surface area contributed by atoms with Crippen molar-refractivity contribution in [2.45, 2.75) is 59.4 Å². The van der Waals surface area contributed by atoms with Gasteiger partial charge in [-0.3, -0.25) is 9.59 Å². The zero-order valence-corrected chi connectivity index (χ0v) is 17.3. The van der Waals surface area contributed by atoms with Crippen LogP contribution in [0.15, 0.2) is 24.3 Å². The van der Waals surface area contributed by atoms with Gasteiger partial charge in [0.15, 0.2) is 0 Å². The van der Waals surface area contributed by atoms with E-state index in [0.717, 1.165) is 50.0 Å². The predicted molar refractivity (Wildman–Crippen MR) is 111 cm³/mol. The zero-order valence-electron chi connectivity index (χ0n) is 17.3. The molecule has 0 aromatic heterocycles. The maximum Gasteiger partial charge on any atom is 0.253 e. The van der Waals surface area contributed by atoms with Crippen molar-refractivity contribution in [1.82, 2.24) is 10.6 Å². The molecule has 2 atom stereocenters. The lowest BCUT2D eigenvalue weighted by Crippen LogP contribution is -2.46. The number of hydrogen-bond acceptors (Lipinski definition) is 3. The van der Waals surface area contributed by atoms with Crippen molar-refractivity contribution in [3.8, 4) is 0 Å². The molecule has 1 heterocycles. The van der Waals surface area contributed by atoms with E-state index in [1.165, 1.54) is 0 Å². The largest absolute Gasteiger partial charge is 0.371 e. The van der Waals surface area contributed by atoms with Crippen LogP contribution in [0.1, 0.15) is 63.7 Å². The Hall–Kier alpha value is -2.04. The molecule has 2 amide bonds. The molecular formula is C22H35N3O2. The molecule has 1 fully saturated rings. The monoisotopic (exact) mass is 373 g/mol. The summed E-state index contributed by atoms with van der Waals surface area (Å²) in [5.74, 6) is 0.697. The van der Waals surface area contributed by atoms with Crippen molar-refractivity contribution >= 4 is 17.5 Å². The van der Waals surface area contributed by atoms with Crippen LogP contribution in [0.2, 0.25) is 0 Å². The molecule has 0 saturated carbocycles. The number of rotatable bonds is 8. The molecule has 2 rings (SSSR count). The summed E-state index contributed by atoms with van der Waals surface area (Å²) in [4.78, 5) is 27.0. The fourth-order valence-corrected chi connectivity index (χ4v) is 3.24. The first kappa shape index (κ1) is 21.3. The minimum absolute atomic E-state index is 0.00176. The lowest BCUT2D eigenvalue weighted by molar-refractivity contribution is -0.125. The number of anilines is 1. The van der Waals surface area contributed by atoms with Crippen LogP contribution in [0, 0.1) is 11.8 Å². The third-order valence-electron chi connectivity index (χ3n) is 5.70. The summed E-state index contributed by atoms with van der Waals surface area (Å²) in [6.45, 7) is 10.7. The molecule has 5 nitrogen and oxygen atoms in total. The molecule has 0 bridgehead atoms. The molecular weight excluding hydrogens is 338 g/mol. The molecule has 2 N–H and O–H groups in total. The number of para-hydroxylation sites is 1. The van der Waals surface area contributed by atoms with Gasteiger partial charge >= 0.3 is 0 Å². The summed E-state index contributed by atoms with van der Waals surface area (Å²) >= 11 is 0. The first-order valence-electron chi connectivity index (χ1n) is 10.4. The first-order chi connectivity index (χ1) is 13.0. The molecule has 1 aliphatic heterocycles. The summed E-state index contributed by atoms with van der Waals surface area (Å²) < 4.78 is 0. The van der Waals surface area contributed by atoms with E-state index in [0.29, 0.717) is 12.5 Å². The highest BCUT2D eigenvalue weighted by molar-refractivity contribution is 5.99. The van der Waals surface area contributed by atoms with Crippen LogP contribution in [0.4, 0.5) is 5.69 Å². The summed E-state index contributed by atoms with van der Waals surface area (Å²) in [6, 6.07) is 8.06.